The number of nitrogens with two attached hydrogens (primary N) is 1. The van der Waals surface area contributed by atoms with Crippen molar-refractivity contribution in [1.82, 2.24) is 4.98 Å². The lowest BCUT2D eigenvalue weighted by atomic mass is 9.56. The summed E-state index contributed by atoms with van der Waals surface area (Å²) in [6.45, 7) is 10.6. The Balaban J connectivity index is 0.00000132. The fraction of sp³-hybridized carbons (Fsp3) is 0.481. The highest BCUT2D eigenvalue weighted by molar-refractivity contribution is 5.90. The average Bonchev–Trinajstić information content (AvgIpc) is 2.80. The zero-order valence-electron chi connectivity index (χ0n) is 19.4. The van der Waals surface area contributed by atoms with E-state index in [0.717, 1.165) is 23.2 Å². The number of carbonyl (C=O) groups excluding carboxylic acids is 1. The van der Waals surface area contributed by atoms with E-state index in [-0.39, 0.29) is 30.3 Å². The lowest BCUT2D eigenvalue weighted by Crippen LogP contribution is -2.68. The van der Waals surface area contributed by atoms with Crippen LogP contribution in [-0.4, -0.2) is 29.0 Å². The fourth-order valence-electron chi connectivity index (χ4n) is 5.19. The predicted molar refractivity (Wildman–Crippen MR) is 127 cm³/mol. The van der Waals surface area contributed by atoms with Gasteiger partial charge in [-0.25, -0.2) is 0 Å². The summed E-state index contributed by atoms with van der Waals surface area (Å²) in [7, 11) is 0. The number of allylic oxidation sites excluding steroid dienone is 1. The zero-order chi connectivity index (χ0) is 22.6. The number of ether oxygens (including phenoxy) is 1. The summed E-state index contributed by atoms with van der Waals surface area (Å²) in [5, 5.41) is 0. The van der Waals surface area contributed by atoms with Gasteiger partial charge in [-0.3, -0.25) is 9.78 Å². The van der Waals surface area contributed by atoms with Crippen LogP contribution in [0.2, 0.25) is 0 Å². The van der Waals surface area contributed by atoms with E-state index in [1.807, 2.05) is 44.3 Å². The summed E-state index contributed by atoms with van der Waals surface area (Å²) in [6, 6.07) is 14.4. The molecule has 0 spiro atoms. The molecule has 0 radical (unpaired) electrons. The number of nitrogens with zero attached hydrogens (tertiary/aromatic N) is 1. The molecule has 0 amide bonds. The van der Waals surface area contributed by atoms with Gasteiger partial charge in [0.1, 0.15) is 6.61 Å². The SMILES string of the molecule is CC.CC1CC2(N)C(=O)COC(C)C2C(/C=C/c2ccc(-c3ccccc3)cn2)C1C. The molecular formula is C27H36N2O2. The second-order valence-corrected chi connectivity index (χ2v) is 8.82. The molecule has 4 nitrogen and oxygen atoms in total. The minimum absolute atomic E-state index is 0.00482. The molecule has 2 aliphatic rings. The Morgan fingerprint density at radius 2 is 1.77 bits per heavy atom. The van der Waals surface area contributed by atoms with Crippen LogP contribution in [0, 0.1) is 23.7 Å². The number of pyridine rings is 1. The molecule has 1 aliphatic carbocycles. The maximum atomic E-state index is 12.7. The molecule has 1 aromatic carbocycles. The average molecular weight is 421 g/mol. The molecule has 31 heavy (non-hydrogen) atoms. The molecule has 1 aliphatic heterocycles. The smallest absolute Gasteiger partial charge is 0.178 e. The normalized spacial score (nSPS) is 32.8. The van der Waals surface area contributed by atoms with E-state index < -0.39 is 5.54 Å². The molecule has 0 bridgehead atoms. The summed E-state index contributed by atoms with van der Waals surface area (Å²) in [5.41, 5.74) is 9.10. The van der Waals surface area contributed by atoms with Crippen molar-refractivity contribution >= 4 is 11.9 Å². The summed E-state index contributed by atoms with van der Waals surface area (Å²) in [5.74, 6) is 1.03. The second kappa shape index (κ2) is 9.88. The number of carbonyl (C=O) groups is 1. The quantitative estimate of drug-likeness (QED) is 0.724. The zero-order valence-corrected chi connectivity index (χ0v) is 19.4. The Kier molecular flexibility index (Phi) is 7.45. The summed E-state index contributed by atoms with van der Waals surface area (Å²) >= 11 is 0. The second-order valence-electron chi connectivity index (χ2n) is 8.82. The minimum Gasteiger partial charge on any atom is -0.370 e. The number of benzene rings is 1. The molecule has 6 atom stereocenters. The number of ketones is 1. The Morgan fingerprint density at radius 3 is 2.42 bits per heavy atom. The van der Waals surface area contributed by atoms with Crippen LogP contribution in [0.1, 0.15) is 46.7 Å². The molecule has 2 fully saturated rings. The molecule has 2 N–H and O–H groups in total. The van der Waals surface area contributed by atoms with Gasteiger partial charge in [0.25, 0.3) is 0 Å². The third kappa shape index (κ3) is 4.65. The van der Waals surface area contributed by atoms with Crippen LogP contribution in [-0.2, 0) is 9.53 Å². The molecule has 1 saturated heterocycles. The van der Waals surface area contributed by atoms with E-state index in [4.69, 9.17) is 10.5 Å². The highest BCUT2D eigenvalue weighted by Crippen LogP contribution is 2.48. The first-order valence-electron chi connectivity index (χ1n) is 11.5. The minimum atomic E-state index is -0.788. The van der Waals surface area contributed by atoms with Gasteiger partial charge in [0.15, 0.2) is 5.78 Å². The summed E-state index contributed by atoms with van der Waals surface area (Å²) in [4.78, 5) is 17.3. The molecule has 4 heteroatoms. The van der Waals surface area contributed by atoms with Crippen LogP contribution in [0.25, 0.3) is 17.2 Å². The fourth-order valence-corrected chi connectivity index (χ4v) is 5.19. The molecule has 2 aromatic rings. The van der Waals surface area contributed by atoms with Crippen molar-refractivity contribution in [2.24, 2.45) is 29.4 Å². The Hall–Kier alpha value is -2.30. The van der Waals surface area contributed by atoms with Gasteiger partial charge < -0.3 is 10.5 Å². The van der Waals surface area contributed by atoms with Crippen molar-refractivity contribution in [3.8, 4) is 11.1 Å². The lowest BCUT2D eigenvalue weighted by Gasteiger charge is -2.54. The van der Waals surface area contributed by atoms with E-state index >= 15 is 0 Å². The van der Waals surface area contributed by atoms with Gasteiger partial charge in [-0.1, -0.05) is 70.2 Å². The van der Waals surface area contributed by atoms with Crippen LogP contribution < -0.4 is 5.73 Å². The Bertz CT molecular complexity index is 893. The number of aromatic nitrogens is 1. The van der Waals surface area contributed by atoms with Gasteiger partial charge in [-0.15, -0.1) is 0 Å². The van der Waals surface area contributed by atoms with Crippen molar-refractivity contribution in [3.63, 3.8) is 0 Å². The molecule has 4 rings (SSSR count). The maximum absolute atomic E-state index is 12.7. The number of hydrogen-bond donors (Lipinski definition) is 1. The molecule has 1 aromatic heterocycles. The van der Waals surface area contributed by atoms with Crippen LogP contribution >= 0.6 is 0 Å². The summed E-state index contributed by atoms with van der Waals surface area (Å²) < 4.78 is 5.78. The van der Waals surface area contributed by atoms with Gasteiger partial charge in [-0.05, 0) is 48.8 Å². The van der Waals surface area contributed by atoms with Crippen molar-refractivity contribution < 1.29 is 9.53 Å². The van der Waals surface area contributed by atoms with Crippen LogP contribution in [0.3, 0.4) is 0 Å². The maximum Gasteiger partial charge on any atom is 0.178 e. The number of hydrogen-bond acceptors (Lipinski definition) is 4. The van der Waals surface area contributed by atoms with E-state index in [9.17, 15) is 4.79 Å². The van der Waals surface area contributed by atoms with Crippen molar-refractivity contribution in [2.75, 3.05) is 6.61 Å². The molecule has 2 heterocycles. The third-order valence-electron chi connectivity index (χ3n) is 7.06. The highest BCUT2D eigenvalue weighted by atomic mass is 16.5. The Morgan fingerprint density at radius 1 is 1.06 bits per heavy atom. The van der Waals surface area contributed by atoms with Crippen molar-refractivity contribution in [2.45, 2.75) is 52.7 Å². The van der Waals surface area contributed by atoms with E-state index in [1.165, 1.54) is 0 Å². The van der Waals surface area contributed by atoms with Crippen LogP contribution in [0.5, 0.6) is 0 Å². The first-order chi connectivity index (χ1) is 14.9. The standard InChI is InChI=1S/C25H30N2O2.C2H6/c1-16-13-25(26)23(28)15-29-18(3)24(25)22(17(16)2)12-11-21-10-9-20(14-27-21)19-7-5-4-6-8-19;1-2/h4-12,14,16-18,22,24H,13,15,26H2,1-3H3;1-2H3/b12-11+;. The van der Waals surface area contributed by atoms with Gasteiger partial charge >= 0.3 is 0 Å². The molecule has 166 valence electrons. The number of fused-ring (bicyclic) bond motifs is 1. The van der Waals surface area contributed by atoms with Crippen molar-refractivity contribution in [3.05, 3.63) is 60.4 Å². The number of rotatable bonds is 3. The van der Waals surface area contributed by atoms with Gasteiger partial charge in [-0.2, -0.15) is 0 Å². The monoisotopic (exact) mass is 420 g/mol. The largest absolute Gasteiger partial charge is 0.370 e. The molecular weight excluding hydrogens is 384 g/mol. The van der Waals surface area contributed by atoms with E-state index in [0.29, 0.717) is 11.8 Å². The molecule has 1 saturated carbocycles. The lowest BCUT2D eigenvalue weighted by molar-refractivity contribution is -0.158. The van der Waals surface area contributed by atoms with Crippen LogP contribution in [0.4, 0.5) is 0 Å². The first-order valence-corrected chi connectivity index (χ1v) is 11.5. The first kappa shape index (κ1) is 23.4. The molecule has 6 unspecified atom stereocenters. The number of Topliss-reactive ketones (excluding diaryl/α,β-unsaturated/α-hetero) is 1. The van der Waals surface area contributed by atoms with Gasteiger partial charge in [0.2, 0.25) is 0 Å². The van der Waals surface area contributed by atoms with Gasteiger partial charge in [0.05, 0.1) is 17.3 Å². The Labute approximate surface area is 186 Å². The topological polar surface area (TPSA) is 65.2 Å². The van der Waals surface area contributed by atoms with Gasteiger partial charge in [0, 0.05) is 17.7 Å². The highest BCUT2D eigenvalue weighted by Gasteiger charge is 2.56. The van der Waals surface area contributed by atoms with E-state index in [1.54, 1.807) is 0 Å². The van der Waals surface area contributed by atoms with Crippen LogP contribution in [0.15, 0.2) is 54.7 Å². The van der Waals surface area contributed by atoms with E-state index in [2.05, 4.69) is 56.1 Å². The third-order valence-corrected chi connectivity index (χ3v) is 7.06. The van der Waals surface area contributed by atoms with Crippen molar-refractivity contribution in [1.29, 1.82) is 0 Å². The predicted octanol–water partition coefficient (Wildman–Crippen LogP) is 5.38. The summed E-state index contributed by atoms with van der Waals surface area (Å²) in [6.07, 6.45) is 6.89.